The van der Waals surface area contributed by atoms with Gasteiger partial charge in [0.2, 0.25) is 5.91 Å². The molecule has 196 valence electrons. The lowest BCUT2D eigenvalue weighted by molar-refractivity contribution is -0.127. The minimum absolute atomic E-state index is 0.185. The molecule has 3 aromatic carbocycles. The van der Waals surface area contributed by atoms with Crippen LogP contribution < -0.4 is 14.8 Å². The third-order valence-electron chi connectivity index (χ3n) is 5.61. The van der Waals surface area contributed by atoms with E-state index in [1.54, 1.807) is 30.3 Å². The predicted octanol–water partition coefficient (Wildman–Crippen LogP) is 6.61. The zero-order chi connectivity index (χ0) is 27.2. The highest BCUT2D eigenvalue weighted by Gasteiger charge is 2.36. The maximum Gasteiger partial charge on any atom is 0.294 e. The van der Waals surface area contributed by atoms with Gasteiger partial charge in [-0.25, -0.2) is 0 Å². The Kier molecular flexibility index (Phi) is 8.76. The lowest BCUT2D eigenvalue weighted by Gasteiger charge is -2.15. The molecule has 0 aliphatic carbocycles. The molecule has 0 saturated carbocycles. The highest BCUT2D eigenvalue weighted by molar-refractivity contribution is 8.18. The number of benzene rings is 3. The van der Waals surface area contributed by atoms with Crippen LogP contribution in [0.4, 0.5) is 10.5 Å². The summed E-state index contributed by atoms with van der Waals surface area (Å²) in [6, 6.07) is 18.6. The summed E-state index contributed by atoms with van der Waals surface area (Å²) in [5.41, 5.74) is 4.28. The van der Waals surface area contributed by atoms with Crippen LogP contribution in [0.15, 0.2) is 65.6 Å². The highest BCUT2D eigenvalue weighted by atomic mass is 35.5. The van der Waals surface area contributed by atoms with Gasteiger partial charge < -0.3 is 14.8 Å². The van der Waals surface area contributed by atoms with Crippen LogP contribution in [0.1, 0.15) is 29.2 Å². The molecule has 1 fully saturated rings. The normalized spacial score (nSPS) is 14.2. The molecule has 1 N–H and O–H groups in total. The molecule has 9 heteroatoms. The van der Waals surface area contributed by atoms with Gasteiger partial charge in [-0.2, -0.15) is 0 Å². The lowest BCUT2D eigenvalue weighted by Crippen LogP contribution is -2.36. The molecule has 0 bridgehead atoms. The molecule has 0 radical (unpaired) electrons. The number of halogens is 1. The Bertz CT molecular complexity index is 1400. The van der Waals surface area contributed by atoms with Crippen molar-refractivity contribution in [3.63, 3.8) is 0 Å². The fraction of sp³-hybridized carbons (Fsp3) is 0.207. The Morgan fingerprint density at radius 3 is 2.50 bits per heavy atom. The highest BCUT2D eigenvalue weighted by Crippen LogP contribution is 2.39. The van der Waals surface area contributed by atoms with Crippen LogP contribution in [-0.2, 0) is 16.2 Å². The number of anilines is 1. The molecule has 1 saturated heterocycles. The van der Waals surface area contributed by atoms with E-state index in [4.69, 9.17) is 21.1 Å². The van der Waals surface area contributed by atoms with Crippen molar-refractivity contribution in [2.75, 3.05) is 18.5 Å². The molecule has 1 heterocycles. The number of carbonyl (C=O) groups is 3. The lowest BCUT2D eigenvalue weighted by atomic mass is 10.1. The number of thioether (sulfide) groups is 1. The average Bonchev–Trinajstić information content (AvgIpc) is 3.12. The van der Waals surface area contributed by atoms with E-state index >= 15 is 0 Å². The fourth-order valence-corrected chi connectivity index (χ4v) is 4.88. The van der Waals surface area contributed by atoms with E-state index in [2.05, 4.69) is 5.32 Å². The van der Waals surface area contributed by atoms with Gasteiger partial charge in [-0.05, 0) is 79.6 Å². The summed E-state index contributed by atoms with van der Waals surface area (Å²) in [5.74, 6) is -0.189. The molecule has 3 amide bonds. The first-order chi connectivity index (χ1) is 18.2. The summed E-state index contributed by atoms with van der Waals surface area (Å²) in [5, 5.41) is 2.51. The number of aryl methyl sites for hydroxylation is 2. The van der Waals surface area contributed by atoms with E-state index in [1.807, 2.05) is 57.2 Å². The minimum atomic E-state index is -0.548. The summed E-state index contributed by atoms with van der Waals surface area (Å²) < 4.78 is 11.7. The summed E-state index contributed by atoms with van der Waals surface area (Å²) in [7, 11) is 0. The van der Waals surface area contributed by atoms with Crippen molar-refractivity contribution in [2.45, 2.75) is 27.4 Å². The van der Waals surface area contributed by atoms with E-state index in [0.29, 0.717) is 41.0 Å². The SMILES string of the molecule is CCOc1cc(/C=C2\SC(=O)N(CC(=O)Nc3cccc(C)c3)C2=O)cc(Cl)c1OCc1ccc(C)cc1. The van der Waals surface area contributed by atoms with Gasteiger partial charge in [0.15, 0.2) is 11.5 Å². The van der Waals surface area contributed by atoms with Crippen molar-refractivity contribution < 1.29 is 23.9 Å². The predicted molar refractivity (Wildman–Crippen MR) is 151 cm³/mol. The molecule has 0 unspecified atom stereocenters. The van der Waals surface area contributed by atoms with E-state index in [-0.39, 0.29) is 11.4 Å². The standard InChI is InChI=1S/C29H27ClN2O5S/c1-4-36-24-14-21(13-23(30)27(24)37-17-20-10-8-18(2)9-11-20)15-25-28(34)32(29(35)38-25)16-26(33)31-22-7-5-6-19(3)12-22/h5-15H,4,16-17H2,1-3H3,(H,31,33)/b25-15-. The zero-order valence-corrected chi connectivity index (χ0v) is 22.8. The number of nitrogens with zero attached hydrogens (tertiary/aromatic N) is 1. The average molecular weight is 551 g/mol. The minimum Gasteiger partial charge on any atom is -0.490 e. The van der Waals surface area contributed by atoms with E-state index in [1.165, 1.54) is 0 Å². The summed E-state index contributed by atoms with van der Waals surface area (Å²) in [6.07, 6.45) is 1.56. The zero-order valence-electron chi connectivity index (χ0n) is 21.2. The largest absolute Gasteiger partial charge is 0.490 e. The summed E-state index contributed by atoms with van der Waals surface area (Å²) >= 11 is 7.31. The van der Waals surface area contributed by atoms with Gasteiger partial charge in [0, 0.05) is 5.69 Å². The van der Waals surface area contributed by atoms with Crippen molar-refractivity contribution >= 4 is 52.2 Å². The molecule has 38 heavy (non-hydrogen) atoms. The van der Waals surface area contributed by atoms with Crippen LogP contribution in [0.25, 0.3) is 6.08 Å². The van der Waals surface area contributed by atoms with E-state index < -0.39 is 17.1 Å². The third-order valence-corrected chi connectivity index (χ3v) is 6.80. The van der Waals surface area contributed by atoms with Gasteiger partial charge in [-0.1, -0.05) is 53.6 Å². The first kappa shape index (κ1) is 27.3. The molecule has 0 aromatic heterocycles. The maximum atomic E-state index is 13.0. The van der Waals surface area contributed by atoms with Crippen LogP contribution >= 0.6 is 23.4 Å². The smallest absolute Gasteiger partial charge is 0.294 e. The van der Waals surface area contributed by atoms with Crippen LogP contribution in [0.3, 0.4) is 0 Å². The number of hydrogen-bond acceptors (Lipinski definition) is 6. The second-order valence-corrected chi connectivity index (χ2v) is 10.1. The monoisotopic (exact) mass is 550 g/mol. The molecule has 0 spiro atoms. The van der Waals surface area contributed by atoms with Crippen LogP contribution in [-0.4, -0.2) is 35.1 Å². The number of hydrogen-bond donors (Lipinski definition) is 1. The summed E-state index contributed by atoms with van der Waals surface area (Å²) in [6.45, 7) is 6.07. The van der Waals surface area contributed by atoms with Crippen molar-refractivity contribution in [2.24, 2.45) is 0 Å². The van der Waals surface area contributed by atoms with E-state index in [0.717, 1.165) is 33.4 Å². The van der Waals surface area contributed by atoms with Gasteiger partial charge in [0.1, 0.15) is 13.2 Å². The third kappa shape index (κ3) is 6.76. The molecule has 7 nitrogen and oxygen atoms in total. The number of nitrogens with one attached hydrogen (secondary N) is 1. The molecular formula is C29H27ClN2O5S. The van der Waals surface area contributed by atoms with Gasteiger partial charge in [0.25, 0.3) is 11.1 Å². The first-order valence-electron chi connectivity index (χ1n) is 12.0. The molecule has 1 aliphatic heterocycles. The second kappa shape index (κ2) is 12.2. The van der Waals surface area contributed by atoms with Gasteiger partial charge in [0.05, 0.1) is 16.5 Å². The molecular weight excluding hydrogens is 524 g/mol. The molecule has 0 atom stereocenters. The van der Waals surface area contributed by atoms with Gasteiger partial charge in [-0.15, -0.1) is 0 Å². The molecule has 1 aliphatic rings. The summed E-state index contributed by atoms with van der Waals surface area (Å²) in [4.78, 5) is 39.1. The Morgan fingerprint density at radius 1 is 1.03 bits per heavy atom. The van der Waals surface area contributed by atoms with Crippen LogP contribution in [0.2, 0.25) is 5.02 Å². The number of ether oxygens (including phenoxy) is 2. The van der Waals surface area contributed by atoms with Crippen molar-refractivity contribution in [1.82, 2.24) is 4.90 Å². The number of carbonyl (C=O) groups excluding carboxylic acids is 3. The van der Waals surface area contributed by atoms with Crippen molar-refractivity contribution in [3.8, 4) is 11.5 Å². The van der Waals surface area contributed by atoms with Crippen molar-refractivity contribution in [3.05, 3.63) is 92.8 Å². The van der Waals surface area contributed by atoms with Gasteiger partial charge in [-0.3, -0.25) is 19.3 Å². The molecule has 3 aromatic rings. The quantitative estimate of drug-likeness (QED) is 0.302. The number of rotatable bonds is 9. The first-order valence-corrected chi connectivity index (χ1v) is 13.2. The van der Waals surface area contributed by atoms with Crippen LogP contribution in [0, 0.1) is 13.8 Å². The van der Waals surface area contributed by atoms with Gasteiger partial charge >= 0.3 is 0 Å². The Morgan fingerprint density at radius 2 is 1.79 bits per heavy atom. The Balaban J connectivity index is 1.48. The Hall–Kier alpha value is -3.75. The topological polar surface area (TPSA) is 84.9 Å². The molecule has 4 rings (SSSR count). The van der Waals surface area contributed by atoms with E-state index in [9.17, 15) is 14.4 Å². The number of imide groups is 1. The fourth-order valence-electron chi connectivity index (χ4n) is 3.77. The van der Waals surface area contributed by atoms with Crippen molar-refractivity contribution in [1.29, 1.82) is 0 Å². The van der Waals surface area contributed by atoms with Crippen LogP contribution in [0.5, 0.6) is 11.5 Å². The second-order valence-electron chi connectivity index (χ2n) is 8.72. The Labute approximate surface area is 230 Å². The number of amides is 3. The maximum absolute atomic E-state index is 13.0.